The van der Waals surface area contributed by atoms with Crippen molar-refractivity contribution < 1.29 is 9.90 Å². The number of aromatic carboxylic acids is 1. The first kappa shape index (κ1) is 14.0. The summed E-state index contributed by atoms with van der Waals surface area (Å²) in [5.74, 6) is -0.327. The van der Waals surface area contributed by atoms with E-state index in [4.69, 9.17) is 5.11 Å². The number of imidazole rings is 1. The molecule has 0 spiro atoms. The Bertz CT molecular complexity index is 713. The summed E-state index contributed by atoms with van der Waals surface area (Å²) in [7, 11) is 1.88. The Balaban J connectivity index is 2.37. The molecule has 2 aromatic heterocycles. The molecule has 0 atom stereocenters. The second-order valence-corrected chi connectivity index (χ2v) is 4.81. The van der Waals surface area contributed by atoms with E-state index < -0.39 is 11.5 Å². The van der Waals surface area contributed by atoms with Crippen LogP contribution in [0.5, 0.6) is 0 Å². The summed E-state index contributed by atoms with van der Waals surface area (Å²) in [5.41, 5.74) is 0.639. The molecule has 2 rings (SSSR count). The highest BCUT2D eigenvalue weighted by Crippen LogP contribution is 2.07. The van der Waals surface area contributed by atoms with E-state index in [2.05, 4.69) is 4.98 Å². The van der Waals surface area contributed by atoms with Crippen LogP contribution in [0.25, 0.3) is 0 Å². The van der Waals surface area contributed by atoms with Crippen molar-refractivity contribution in [1.82, 2.24) is 14.1 Å². The van der Waals surface area contributed by atoms with Crippen LogP contribution in [-0.4, -0.2) is 25.2 Å². The number of carboxylic acid groups (broad SMARTS) is 1. The standard InChI is InChI=1S/C14H17N3O3/c1-9-8-10(2)17(13(18)12(9)14(19)20)6-4-11-15-5-7-16(11)3/h5,7-8H,4,6H2,1-3H3,(H,19,20). The molecule has 0 aliphatic carbocycles. The number of rotatable bonds is 4. The second-order valence-electron chi connectivity index (χ2n) is 4.81. The Hall–Kier alpha value is -2.37. The van der Waals surface area contributed by atoms with E-state index >= 15 is 0 Å². The predicted molar refractivity (Wildman–Crippen MR) is 74.0 cm³/mol. The zero-order valence-electron chi connectivity index (χ0n) is 11.8. The molecule has 0 bridgehead atoms. The molecule has 0 unspecified atom stereocenters. The number of hydrogen-bond donors (Lipinski definition) is 1. The zero-order chi connectivity index (χ0) is 14.9. The van der Waals surface area contributed by atoms with Crippen LogP contribution >= 0.6 is 0 Å². The zero-order valence-corrected chi connectivity index (χ0v) is 11.8. The van der Waals surface area contributed by atoms with Crippen LogP contribution in [0.1, 0.15) is 27.4 Å². The predicted octanol–water partition coefficient (Wildman–Crippen LogP) is 1.14. The normalized spacial score (nSPS) is 10.8. The van der Waals surface area contributed by atoms with Gasteiger partial charge in [-0.05, 0) is 25.5 Å². The fourth-order valence-electron chi connectivity index (χ4n) is 2.31. The molecule has 0 amide bonds. The van der Waals surface area contributed by atoms with Crippen LogP contribution in [0.2, 0.25) is 0 Å². The molecule has 0 aliphatic rings. The summed E-state index contributed by atoms with van der Waals surface area (Å²) in [4.78, 5) is 27.6. The van der Waals surface area contributed by atoms with E-state index in [9.17, 15) is 9.59 Å². The quantitative estimate of drug-likeness (QED) is 0.907. The SMILES string of the molecule is Cc1cc(C)n(CCc2nccn2C)c(=O)c1C(=O)O. The van der Waals surface area contributed by atoms with Crippen molar-refractivity contribution in [1.29, 1.82) is 0 Å². The number of carbonyl (C=O) groups is 1. The summed E-state index contributed by atoms with van der Waals surface area (Å²) >= 11 is 0. The van der Waals surface area contributed by atoms with Crippen LogP contribution in [0.4, 0.5) is 0 Å². The van der Waals surface area contributed by atoms with E-state index in [0.29, 0.717) is 18.5 Å². The Morgan fingerprint density at radius 1 is 1.40 bits per heavy atom. The number of pyridine rings is 1. The Labute approximate surface area is 116 Å². The maximum Gasteiger partial charge on any atom is 0.341 e. The van der Waals surface area contributed by atoms with Gasteiger partial charge in [-0.2, -0.15) is 0 Å². The minimum Gasteiger partial charge on any atom is -0.477 e. The monoisotopic (exact) mass is 275 g/mol. The van der Waals surface area contributed by atoms with Gasteiger partial charge >= 0.3 is 5.97 Å². The van der Waals surface area contributed by atoms with Crippen molar-refractivity contribution in [3.63, 3.8) is 0 Å². The molecular formula is C14H17N3O3. The molecule has 20 heavy (non-hydrogen) atoms. The molecule has 0 aromatic carbocycles. The van der Waals surface area contributed by atoms with E-state index in [-0.39, 0.29) is 5.56 Å². The van der Waals surface area contributed by atoms with Gasteiger partial charge in [0.05, 0.1) is 0 Å². The Morgan fingerprint density at radius 3 is 2.65 bits per heavy atom. The van der Waals surface area contributed by atoms with Gasteiger partial charge in [-0.15, -0.1) is 0 Å². The lowest BCUT2D eigenvalue weighted by molar-refractivity contribution is 0.0693. The number of aryl methyl sites for hydroxylation is 4. The lowest BCUT2D eigenvalue weighted by Crippen LogP contribution is -2.30. The average molecular weight is 275 g/mol. The maximum absolute atomic E-state index is 12.3. The van der Waals surface area contributed by atoms with Gasteiger partial charge in [0.15, 0.2) is 0 Å². The summed E-state index contributed by atoms with van der Waals surface area (Å²) in [6.45, 7) is 3.86. The molecule has 0 saturated carbocycles. The highest BCUT2D eigenvalue weighted by atomic mass is 16.4. The van der Waals surface area contributed by atoms with Crippen molar-refractivity contribution >= 4 is 5.97 Å². The van der Waals surface area contributed by atoms with Crippen molar-refractivity contribution in [2.75, 3.05) is 0 Å². The number of carboxylic acids is 1. The van der Waals surface area contributed by atoms with E-state index in [1.807, 2.05) is 17.8 Å². The minimum atomic E-state index is -1.18. The second kappa shape index (κ2) is 5.32. The van der Waals surface area contributed by atoms with Gasteiger partial charge in [0.1, 0.15) is 11.4 Å². The average Bonchev–Trinajstić information content (AvgIpc) is 2.73. The topological polar surface area (TPSA) is 77.1 Å². The molecule has 2 aromatic rings. The van der Waals surface area contributed by atoms with Crippen molar-refractivity contribution in [3.8, 4) is 0 Å². The van der Waals surface area contributed by atoms with E-state index in [0.717, 1.165) is 11.5 Å². The van der Waals surface area contributed by atoms with Crippen LogP contribution in [-0.2, 0) is 20.0 Å². The maximum atomic E-state index is 12.3. The summed E-state index contributed by atoms with van der Waals surface area (Å²) in [5, 5.41) is 9.13. The third-order valence-corrected chi connectivity index (χ3v) is 3.40. The number of nitrogens with zero attached hydrogens (tertiary/aromatic N) is 3. The molecule has 0 aliphatic heterocycles. The largest absolute Gasteiger partial charge is 0.477 e. The van der Waals surface area contributed by atoms with Crippen LogP contribution in [0, 0.1) is 13.8 Å². The van der Waals surface area contributed by atoms with Gasteiger partial charge in [-0.1, -0.05) is 0 Å². The number of aromatic nitrogens is 3. The molecule has 0 radical (unpaired) electrons. The minimum absolute atomic E-state index is 0.157. The summed E-state index contributed by atoms with van der Waals surface area (Å²) < 4.78 is 3.37. The molecule has 2 heterocycles. The van der Waals surface area contributed by atoms with Gasteiger partial charge in [0.25, 0.3) is 5.56 Å². The molecule has 0 fully saturated rings. The smallest absolute Gasteiger partial charge is 0.341 e. The van der Waals surface area contributed by atoms with Gasteiger partial charge < -0.3 is 14.2 Å². The van der Waals surface area contributed by atoms with Crippen molar-refractivity contribution in [2.45, 2.75) is 26.8 Å². The molecule has 106 valence electrons. The van der Waals surface area contributed by atoms with Gasteiger partial charge in [0.2, 0.25) is 0 Å². The van der Waals surface area contributed by atoms with Crippen molar-refractivity contribution in [3.05, 3.63) is 51.5 Å². The highest BCUT2D eigenvalue weighted by Gasteiger charge is 2.16. The third-order valence-electron chi connectivity index (χ3n) is 3.40. The fraction of sp³-hybridized carbons (Fsp3) is 0.357. The van der Waals surface area contributed by atoms with Crippen LogP contribution < -0.4 is 5.56 Å². The number of hydrogen-bond acceptors (Lipinski definition) is 3. The van der Waals surface area contributed by atoms with Crippen LogP contribution in [0.15, 0.2) is 23.3 Å². The molecule has 1 N–H and O–H groups in total. The lowest BCUT2D eigenvalue weighted by atomic mass is 10.1. The first-order chi connectivity index (χ1) is 9.41. The molecule has 6 nitrogen and oxygen atoms in total. The Kier molecular flexibility index (Phi) is 3.74. The molecule has 0 saturated heterocycles. The van der Waals surface area contributed by atoms with E-state index in [1.54, 1.807) is 26.1 Å². The van der Waals surface area contributed by atoms with Crippen LogP contribution in [0.3, 0.4) is 0 Å². The highest BCUT2D eigenvalue weighted by molar-refractivity contribution is 5.88. The fourth-order valence-corrected chi connectivity index (χ4v) is 2.31. The first-order valence-corrected chi connectivity index (χ1v) is 6.32. The molecular weight excluding hydrogens is 258 g/mol. The molecule has 6 heteroatoms. The Morgan fingerprint density at radius 2 is 2.10 bits per heavy atom. The van der Waals surface area contributed by atoms with Gasteiger partial charge in [-0.3, -0.25) is 4.79 Å². The first-order valence-electron chi connectivity index (χ1n) is 6.32. The summed E-state index contributed by atoms with van der Waals surface area (Å²) in [6.07, 6.45) is 4.11. The van der Waals surface area contributed by atoms with E-state index in [1.165, 1.54) is 4.57 Å². The lowest BCUT2D eigenvalue weighted by Gasteiger charge is -2.12. The third kappa shape index (κ3) is 2.49. The van der Waals surface area contributed by atoms with Gasteiger partial charge in [0, 0.05) is 38.1 Å². The van der Waals surface area contributed by atoms with Crippen molar-refractivity contribution in [2.24, 2.45) is 7.05 Å². The van der Waals surface area contributed by atoms with Gasteiger partial charge in [-0.25, -0.2) is 9.78 Å². The summed E-state index contributed by atoms with van der Waals surface area (Å²) in [6, 6.07) is 1.73.